The van der Waals surface area contributed by atoms with Gasteiger partial charge in [-0.1, -0.05) is 0 Å². The Morgan fingerprint density at radius 1 is 1.31 bits per heavy atom. The Kier molecular flexibility index (Phi) is 2.17. The summed E-state index contributed by atoms with van der Waals surface area (Å²) >= 11 is 3.13. The SMILES string of the molecule is O=C1Nc2cc(F)c(Br)cc2NC1C1CC1. The number of carbonyl (C=O) groups excluding carboxylic acids is 1. The molecule has 2 aliphatic rings. The molecule has 1 aromatic rings. The predicted molar refractivity (Wildman–Crippen MR) is 62.9 cm³/mol. The Balaban J connectivity index is 1.98. The summed E-state index contributed by atoms with van der Waals surface area (Å²) in [6.45, 7) is 0. The second-order valence-electron chi connectivity index (χ2n) is 4.26. The van der Waals surface area contributed by atoms with E-state index in [0.29, 0.717) is 16.1 Å². The molecule has 0 bridgehead atoms. The third-order valence-electron chi connectivity index (χ3n) is 3.01. The Labute approximate surface area is 101 Å². The molecule has 1 aliphatic carbocycles. The van der Waals surface area contributed by atoms with Gasteiger partial charge in [-0.2, -0.15) is 0 Å². The third kappa shape index (κ3) is 1.59. The minimum atomic E-state index is -0.370. The van der Waals surface area contributed by atoms with Crippen molar-refractivity contribution >= 4 is 33.2 Å². The molecule has 0 saturated heterocycles. The van der Waals surface area contributed by atoms with Gasteiger partial charge in [0, 0.05) is 6.07 Å². The number of rotatable bonds is 1. The molecule has 1 aromatic carbocycles. The van der Waals surface area contributed by atoms with Crippen LogP contribution in [0, 0.1) is 11.7 Å². The molecule has 0 radical (unpaired) electrons. The van der Waals surface area contributed by atoms with Crippen LogP contribution in [0.15, 0.2) is 16.6 Å². The lowest BCUT2D eigenvalue weighted by Gasteiger charge is -2.27. The first-order valence-electron chi connectivity index (χ1n) is 5.21. The van der Waals surface area contributed by atoms with E-state index in [0.717, 1.165) is 18.5 Å². The Morgan fingerprint density at radius 2 is 2.06 bits per heavy atom. The summed E-state index contributed by atoms with van der Waals surface area (Å²) in [4.78, 5) is 11.7. The highest BCUT2D eigenvalue weighted by Gasteiger charge is 2.38. The van der Waals surface area contributed by atoms with Gasteiger partial charge in [-0.15, -0.1) is 0 Å². The summed E-state index contributed by atoms with van der Waals surface area (Å²) in [6.07, 6.45) is 2.17. The fourth-order valence-corrected chi connectivity index (χ4v) is 2.32. The van der Waals surface area contributed by atoms with E-state index in [9.17, 15) is 9.18 Å². The first kappa shape index (κ1) is 10.1. The maximum Gasteiger partial charge on any atom is 0.247 e. The lowest BCUT2D eigenvalue weighted by Crippen LogP contribution is -2.40. The molecule has 16 heavy (non-hydrogen) atoms. The van der Waals surface area contributed by atoms with Gasteiger partial charge in [0.05, 0.1) is 15.8 Å². The fourth-order valence-electron chi connectivity index (χ4n) is 1.97. The quantitative estimate of drug-likeness (QED) is 0.833. The van der Waals surface area contributed by atoms with E-state index in [1.807, 2.05) is 0 Å². The van der Waals surface area contributed by atoms with Crippen molar-refractivity contribution in [2.45, 2.75) is 18.9 Å². The molecule has 3 rings (SSSR count). The summed E-state index contributed by atoms with van der Waals surface area (Å²) in [7, 11) is 0. The van der Waals surface area contributed by atoms with Crippen molar-refractivity contribution in [2.75, 3.05) is 10.6 Å². The molecule has 1 aliphatic heterocycles. The molecule has 1 saturated carbocycles. The van der Waals surface area contributed by atoms with Gasteiger partial charge in [0.15, 0.2) is 0 Å². The van der Waals surface area contributed by atoms with Crippen LogP contribution in [0.4, 0.5) is 15.8 Å². The molecule has 1 heterocycles. The largest absolute Gasteiger partial charge is 0.372 e. The molecule has 1 amide bonds. The molecule has 0 aromatic heterocycles. The summed E-state index contributed by atoms with van der Waals surface area (Å²) in [5.74, 6) is -0.000534. The normalized spacial score (nSPS) is 23.4. The second-order valence-corrected chi connectivity index (χ2v) is 5.11. The van der Waals surface area contributed by atoms with E-state index in [4.69, 9.17) is 0 Å². The number of anilines is 2. The number of hydrogen-bond acceptors (Lipinski definition) is 2. The Bertz CT molecular complexity index is 473. The predicted octanol–water partition coefficient (Wildman–Crippen LogP) is 2.73. The first-order chi connectivity index (χ1) is 7.65. The van der Waals surface area contributed by atoms with Gasteiger partial charge in [-0.3, -0.25) is 4.79 Å². The standard InChI is InChI=1S/C11H10BrFN2O/c12-6-3-8-9(4-7(6)13)15-11(16)10(14-8)5-1-2-5/h3-5,10,14H,1-2H2,(H,15,16). The zero-order valence-electron chi connectivity index (χ0n) is 8.39. The summed E-state index contributed by atoms with van der Waals surface area (Å²) in [5, 5.41) is 5.91. The highest BCUT2D eigenvalue weighted by Crippen LogP contribution is 2.39. The van der Waals surface area contributed by atoms with Gasteiger partial charge in [0.25, 0.3) is 0 Å². The molecule has 84 valence electrons. The van der Waals surface area contributed by atoms with E-state index in [1.165, 1.54) is 6.07 Å². The molecule has 1 unspecified atom stereocenters. The number of fused-ring (bicyclic) bond motifs is 1. The smallest absolute Gasteiger partial charge is 0.247 e. The number of nitrogens with one attached hydrogen (secondary N) is 2. The van der Waals surface area contributed by atoms with Crippen LogP contribution >= 0.6 is 15.9 Å². The lowest BCUT2D eigenvalue weighted by atomic mass is 10.1. The Hall–Kier alpha value is -1.10. The summed E-state index contributed by atoms with van der Waals surface area (Å²) in [5.41, 5.74) is 1.30. The molecule has 0 spiro atoms. The summed E-state index contributed by atoms with van der Waals surface area (Å²) in [6, 6.07) is 2.83. The van der Waals surface area contributed by atoms with Gasteiger partial charge < -0.3 is 10.6 Å². The molecule has 5 heteroatoms. The van der Waals surface area contributed by atoms with Crippen molar-refractivity contribution in [1.82, 2.24) is 0 Å². The van der Waals surface area contributed by atoms with Gasteiger partial charge in [-0.05, 0) is 40.8 Å². The lowest BCUT2D eigenvalue weighted by molar-refractivity contribution is -0.117. The van der Waals surface area contributed by atoms with E-state index in [1.54, 1.807) is 6.07 Å². The van der Waals surface area contributed by atoms with Crippen LogP contribution in [-0.4, -0.2) is 11.9 Å². The zero-order valence-corrected chi connectivity index (χ0v) is 9.97. The van der Waals surface area contributed by atoms with Crippen LogP contribution in [0.5, 0.6) is 0 Å². The van der Waals surface area contributed by atoms with Gasteiger partial charge in [-0.25, -0.2) is 4.39 Å². The number of benzene rings is 1. The van der Waals surface area contributed by atoms with Gasteiger partial charge in [0.1, 0.15) is 11.9 Å². The molecule has 2 N–H and O–H groups in total. The minimum Gasteiger partial charge on any atom is -0.372 e. The van der Waals surface area contributed by atoms with Crippen LogP contribution in [0.3, 0.4) is 0 Å². The van der Waals surface area contributed by atoms with Crippen LogP contribution in [-0.2, 0) is 4.79 Å². The van der Waals surface area contributed by atoms with E-state index < -0.39 is 0 Å². The van der Waals surface area contributed by atoms with Crippen LogP contribution in [0.25, 0.3) is 0 Å². The van der Waals surface area contributed by atoms with Gasteiger partial charge >= 0.3 is 0 Å². The average Bonchev–Trinajstić information content (AvgIpc) is 3.03. The van der Waals surface area contributed by atoms with Crippen molar-refractivity contribution in [3.05, 3.63) is 22.4 Å². The third-order valence-corrected chi connectivity index (χ3v) is 3.61. The number of hydrogen-bond donors (Lipinski definition) is 2. The molecular weight excluding hydrogens is 275 g/mol. The van der Waals surface area contributed by atoms with Crippen molar-refractivity contribution in [2.24, 2.45) is 5.92 Å². The maximum atomic E-state index is 13.3. The molecule has 3 nitrogen and oxygen atoms in total. The second kappa shape index (κ2) is 3.45. The summed E-state index contributed by atoms with van der Waals surface area (Å²) < 4.78 is 13.7. The van der Waals surface area contributed by atoms with Crippen LogP contribution in [0.1, 0.15) is 12.8 Å². The fraction of sp³-hybridized carbons (Fsp3) is 0.364. The molecule has 1 fully saturated rings. The van der Waals surface area contributed by atoms with Crippen molar-refractivity contribution in [3.63, 3.8) is 0 Å². The van der Waals surface area contributed by atoms with E-state index in [2.05, 4.69) is 26.6 Å². The number of amides is 1. The zero-order chi connectivity index (χ0) is 11.3. The van der Waals surface area contributed by atoms with Crippen LogP contribution < -0.4 is 10.6 Å². The monoisotopic (exact) mass is 284 g/mol. The topological polar surface area (TPSA) is 41.1 Å². The molecule has 1 atom stereocenters. The van der Waals surface area contributed by atoms with Gasteiger partial charge in [0.2, 0.25) is 5.91 Å². The van der Waals surface area contributed by atoms with Crippen molar-refractivity contribution < 1.29 is 9.18 Å². The number of carbonyl (C=O) groups is 1. The number of halogens is 2. The van der Waals surface area contributed by atoms with Crippen molar-refractivity contribution in [1.29, 1.82) is 0 Å². The highest BCUT2D eigenvalue weighted by atomic mass is 79.9. The first-order valence-corrected chi connectivity index (χ1v) is 6.01. The average molecular weight is 285 g/mol. The maximum absolute atomic E-state index is 13.3. The van der Waals surface area contributed by atoms with Crippen molar-refractivity contribution in [3.8, 4) is 0 Å². The minimum absolute atomic E-state index is 0.0586. The molecular formula is C11H10BrFN2O. The van der Waals surface area contributed by atoms with E-state index >= 15 is 0 Å². The van der Waals surface area contributed by atoms with Crippen LogP contribution in [0.2, 0.25) is 0 Å². The van der Waals surface area contributed by atoms with E-state index in [-0.39, 0.29) is 17.8 Å². The Morgan fingerprint density at radius 3 is 2.75 bits per heavy atom. The highest BCUT2D eigenvalue weighted by molar-refractivity contribution is 9.10.